The van der Waals surface area contributed by atoms with Crippen molar-refractivity contribution >= 4 is 29.2 Å². The molecule has 0 saturated heterocycles. The summed E-state index contributed by atoms with van der Waals surface area (Å²) in [7, 11) is 2.86. The molecule has 0 radical (unpaired) electrons. The highest BCUT2D eigenvalue weighted by Crippen LogP contribution is 2.49. The van der Waals surface area contributed by atoms with E-state index in [4.69, 9.17) is 9.47 Å². The maximum Gasteiger partial charge on any atom is 0.340 e. The predicted octanol–water partition coefficient (Wildman–Crippen LogP) is 4.45. The molecule has 0 bridgehead atoms. The molecule has 0 spiro atoms. The third-order valence-corrected chi connectivity index (χ3v) is 5.15. The van der Waals surface area contributed by atoms with E-state index in [1.807, 2.05) is 6.92 Å². The average Bonchev–Trinajstić information content (AvgIpc) is 3.11. The minimum absolute atomic E-state index is 0.0360. The van der Waals surface area contributed by atoms with E-state index < -0.39 is 17.7 Å². The lowest BCUT2D eigenvalue weighted by Crippen LogP contribution is -2.03. The van der Waals surface area contributed by atoms with Crippen LogP contribution in [0.5, 0.6) is 11.5 Å². The summed E-state index contributed by atoms with van der Waals surface area (Å²) in [6.45, 7) is 1.84. The molecule has 0 saturated carbocycles. The van der Waals surface area contributed by atoms with Crippen molar-refractivity contribution in [2.45, 2.75) is 6.92 Å². The zero-order chi connectivity index (χ0) is 21.6. The predicted molar refractivity (Wildman–Crippen MR) is 111 cm³/mol. The fourth-order valence-electron chi connectivity index (χ4n) is 3.89. The number of aryl methyl sites for hydroxylation is 1. The van der Waals surface area contributed by atoms with Gasteiger partial charge in [0.2, 0.25) is 0 Å². The molecule has 0 aromatic heterocycles. The summed E-state index contributed by atoms with van der Waals surface area (Å²) < 4.78 is 24.9. The number of amides is 1. The number of benzene rings is 1. The van der Waals surface area contributed by atoms with Crippen LogP contribution in [0, 0.1) is 12.7 Å². The number of carboxylic acids is 1. The maximum atomic E-state index is 13.8. The second-order valence-corrected chi connectivity index (χ2v) is 6.86. The summed E-state index contributed by atoms with van der Waals surface area (Å²) in [5, 5.41) is 12.6. The summed E-state index contributed by atoms with van der Waals surface area (Å²) in [6.07, 6.45) is 1.52. The Kier molecular flexibility index (Phi) is 4.66. The number of hydrogen-bond donors (Lipinski definition) is 2. The number of nitrogens with one attached hydrogen (secondary N) is 1. The van der Waals surface area contributed by atoms with Crippen molar-refractivity contribution in [2.75, 3.05) is 19.5 Å². The van der Waals surface area contributed by atoms with Gasteiger partial charge in [-0.05, 0) is 36.8 Å². The van der Waals surface area contributed by atoms with Crippen LogP contribution in [0.15, 0.2) is 36.4 Å². The Morgan fingerprint density at radius 3 is 2.50 bits per heavy atom. The van der Waals surface area contributed by atoms with Gasteiger partial charge in [0.15, 0.2) is 0 Å². The summed E-state index contributed by atoms with van der Waals surface area (Å²) in [5.41, 5.74) is 3.11. The van der Waals surface area contributed by atoms with E-state index in [1.165, 1.54) is 38.5 Å². The lowest BCUT2D eigenvalue weighted by Gasteiger charge is -2.08. The molecular formula is C23H18FNO5. The van der Waals surface area contributed by atoms with Gasteiger partial charge >= 0.3 is 5.97 Å². The summed E-state index contributed by atoms with van der Waals surface area (Å²) in [5.74, 6) is -1.51. The third kappa shape index (κ3) is 2.86. The Hall–Kier alpha value is -3.87. The molecular weight excluding hydrogens is 389 g/mol. The quantitative estimate of drug-likeness (QED) is 0.625. The van der Waals surface area contributed by atoms with Crippen LogP contribution in [-0.4, -0.2) is 31.2 Å². The SMILES string of the molecule is COc1c(C=C2C(=O)Nc3ccc(F)cc32)c2c(OC)c(C)cccc-2c1C(=O)O. The molecule has 1 aromatic carbocycles. The fourth-order valence-corrected chi connectivity index (χ4v) is 3.89. The van der Waals surface area contributed by atoms with Crippen molar-refractivity contribution in [1.82, 2.24) is 0 Å². The van der Waals surface area contributed by atoms with Gasteiger partial charge in [-0.3, -0.25) is 4.79 Å². The van der Waals surface area contributed by atoms with Crippen molar-refractivity contribution in [2.24, 2.45) is 0 Å². The van der Waals surface area contributed by atoms with Crippen molar-refractivity contribution in [3.63, 3.8) is 0 Å². The Balaban J connectivity index is 2.11. The van der Waals surface area contributed by atoms with Gasteiger partial charge in [-0.2, -0.15) is 0 Å². The zero-order valence-electron chi connectivity index (χ0n) is 16.5. The first kappa shape index (κ1) is 19.4. The van der Waals surface area contributed by atoms with Crippen LogP contribution >= 0.6 is 0 Å². The number of methoxy groups -OCH3 is 2. The summed E-state index contributed by atoms with van der Waals surface area (Å²) in [4.78, 5) is 24.7. The van der Waals surface area contributed by atoms with Gasteiger partial charge in [0, 0.05) is 33.5 Å². The molecule has 0 atom stereocenters. The molecule has 152 valence electrons. The average molecular weight is 407 g/mol. The van der Waals surface area contributed by atoms with E-state index in [2.05, 4.69) is 5.32 Å². The molecule has 2 aliphatic carbocycles. The molecule has 4 rings (SSSR count). The molecule has 6 nitrogen and oxygen atoms in total. The molecule has 1 heterocycles. The minimum Gasteiger partial charge on any atom is -0.496 e. The van der Waals surface area contributed by atoms with Crippen molar-refractivity contribution < 1.29 is 28.6 Å². The third-order valence-electron chi connectivity index (χ3n) is 5.15. The molecule has 2 N–H and O–H groups in total. The Morgan fingerprint density at radius 1 is 1.10 bits per heavy atom. The number of halogens is 1. The molecule has 1 aromatic rings. The van der Waals surface area contributed by atoms with Crippen molar-refractivity contribution in [3.8, 4) is 22.6 Å². The number of ether oxygens (including phenoxy) is 2. The topological polar surface area (TPSA) is 84.9 Å². The van der Waals surface area contributed by atoms with E-state index in [0.29, 0.717) is 33.7 Å². The first-order chi connectivity index (χ1) is 14.4. The van der Waals surface area contributed by atoms with Crippen LogP contribution in [0.4, 0.5) is 10.1 Å². The maximum absolute atomic E-state index is 13.8. The van der Waals surface area contributed by atoms with E-state index in [9.17, 15) is 19.1 Å². The monoisotopic (exact) mass is 407 g/mol. The lowest BCUT2D eigenvalue weighted by atomic mass is 10.0. The highest BCUT2D eigenvalue weighted by molar-refractivity contribution is 6.35. The molecule has 0 fully saturated rings. The number of carbonyl (C=O) groups excluding carboxylic acids is 1. The number of anilines is 1. The molecule has 1 aliphatic heterocycles. The second kappa shape index (κ2) is 7.18. The standard InChI is InChI=1S/C23H18FNO5/c1-11-5-4-6-13-18(20(11)29-2)16(21(30-3)19(13)23(27)28)10-15-14-9-12(24)7-8-17(14)25-22(15)26/h4-10H,1-3H3,(H,25,26)(H,27,28). The highest BCUT2D eigenvalue weighted by Gasteiger charge is 2.32. The minimum atomic E-state index is -1.17. The van der Waals surface area contributed by atoms with Gasteiger partial charge in [0.1, 0.15) is 22.9 Å². The van der Waals surface area contributed by atoms with Crippen LogP contribution in [0.3, 0.4) is 0 Å². The molecule has 3 aliphatic rings. The smallest absolute Gasteiger partial charge is 0.340 e. The fraction of sp³-hybridized carbons (Fsp3) is 0.130. The number of rotatable bonds is 4. The molecule has 30 heavy (non-hydrogen) atoms. The highest BCUT2D eigenvalue weighted by atomic mass is 19.1. The van der Waals surface area contributed by atoms with Gasteiger partial charge in [-0.15, -0.1) is 0 Å². The number of hydrogen-bond acceptors (Lipinski definition) is 4. The largest absolute Gasteiger partial charge is 0.496 e. The van der Waals surface area contributed by atoms with E-state index in [0.717, 1.165) is 5.56 Å². The van der Waals surface area contributed by atoms with Gasteiger partial charge in [0.25, 0.3) is 5.91 Å². The zero-order valence-corrected chi connectivity index (χ0v) is 16.5. The van der Waals surface area contributed by atoms with Gasteiger partial charge in [0.05, 0.1) is 14.2 Å². The van der Waals surface area contributed by atoms with E-state index >= 15 is 0 Å². The van der Waals surface area contributed by atoms with E-state index in [-0.39, 0.29) is 16.9 Å². The summed E-state index contributed by atoms with van der Waals surface area (Å²) >= 11 is 0. The summed E-state index contributed by atoms with van der Waals surface area (Å²) in [6, 6.07) is 9.21. The lowest BCUT2D eigenvalue weighted by molar-refractivity contribution is -0.110. The molecule has 1 amide bonds. The van der Waals surface area contributed by atoms with Crippen LogP contribution in [0.2, 0.25) is 0 Å². The first-order valence-electron chi connectivity index (χ1n) is 9.10. The Bertz CT molecular complexity index is 1210. The van der Waals surface area contributed by atoms with Crippen molar-refractivity contribution in [1.29, 1.82) is 0 Å². The van der Waals surface area contributed by atoms with Gasteiger partial charge in [-0.1, -0.05) is 18.2 Å². The van der Waals surface area contributed by atoms with E-state index in [1.54, 1.807) is 18.2 Å². The van der Waals surface area contributed by atoms with Crippen LogP contribution < -0.4 is 14.8 Å². The normalized spacial score (nSPS) is 14.0. The molecule has 0 unspecified atom stereocenters. The van der Waals surface area contributed by atoms with Gasteiger partial charge < -0.3 is 19.9 Å². The number of aromatic carboxylic acids is 1. The number of fused-ring (bicyclic) bond motifs is 2. The first-order valence-corrected chi connectivity index (χ1v) is 9.10. The number of carboxylic acid groups (broad SMARTS) is 1. The second-order valence-electron chi connectivity index (χ2n) is 6.86. The Labute approximate surface area is 171 Å². The Morgan fingerprint density at radius 2 is 1.83 bits per heavy atom. The van der Waals surface area contributed by atoms with Crippen LogP contribution in [0.1, 0.15) is 27.0 Å². The van der Waals surface area contributed by atoms with Crippen molar-refractivity contribution in [3.05, 3.63) is 64.5 Å². The van der Waals surface area contributed by atoms with Crippen LogP contribution in [0.25, 0.3) is 22.8 Å². The van der Waals surface area contributed by atoms with Gasteiger partial charge in [-0.25, -0.2) is 9.18 Å². The van der Waals surface area contributed by atoms with Crippen LogP contribution in [-0.2, 0) is 4.79 Å². The number of carbonyl (C=O) groups is 2. The molecule has 7 heteroatoms.